The Morgan fingerprint density at radius 1 is 0.885 bits per heavy atom. The van der Waals surface area contributed by atoms with Gasteiger partial charge < -0.3 is 10.6 Å². The molecule has 0 aliphatic heterocycles. The Hall–Kier alpha value is -3.18. The minimum atomic E-state index is -0.405. The molecule has 0 unspecified atom stereocenters. The molecule has 5 nitrogen and oxygen atoms in total. The highest BCUT2D eigenvalue weighted by atomic mass is 35.5. The lowest BCUT2D eigenvalue weighted by Gasteiger charge is -2.08. The summed E-state index contributed by atoms with van der Waals surface area (Å²) in [5.41, 5.74) is 2.83. The molecule has 0 saturated heterocycles. The first-order valence-electron chi connectivity index (χ1n) is 7.92. The number of pyridine rings is 1. The van der Waals surface area contributed by atoms with Gasteiger partial charge in [-0.25, -0.2) is 0 Å². The molecule has 0 radical (unpaired) electrons. The number of rotatable bonds is 4. The van der Waals surface area contributed by atoms with Crippen molar-refractivity contribution in [2.24, 2.45) is 0 Å². The van der Waals surface area contributed by atoms with Crippen LogP contribution in [0.4, 0.5) is 11.4 Å². The largest absolute Gasteiger partial charge is 0.322 e. The molecule has 0 saturated carbocycles. The molecule has 2 amide bonds. The third-order valence-electron chi connectivity index (χ3n) is 3.63. The van der Waals surface area contributed by atoms with Crippen LogP contribution in [0.25, 0.3) is 0 Å². The monoisotopic (exact) mass is 365 g/mol. The van der Waals surface area contributed by atoms with Crippen molar-refractivity contribution in [1.29, 1.82) is 0 Å². The SMILES string of the molecule is Cc1cccc(NC(=O)c2ccnc(C(=O)Nc3ccc(Cl)cc3)c2)c1. The summed E-state index contributed by atoms with van der Waals surface area (Å²) in [7, 11) is 0. The molecule has 1 aromatic heterocycles. The van der Waals surface area contributed by atoms with Gasteiger partial charge in [-0.2, -0.15) is 0 Å². The Morgan fingerprint density at radius 2 is 1.62 bits per heavy atom. The van der Waals surface area contributed by atoms with Gasteiger partial charge in [0, 0.05) is 28.2 Å². The molecule has 130 valence electrons. The van der Waals surface area contributed by atoms with Crippen LogP contribution in [0.1, 0.15) is 26.4 Å². The molecule has 2 N–H and O–H groups in total. The summed E-state index contributed by atoms with van der Waals surface area (Å²) in [6, 6.07) is 17.2. The molecular formula is C20H16ClN3O2. The van der Waals surface area contributed by atoms with Crippen LogP contribution < -0.4 is 10.6 Å². The molecule has 6 heteroatoms. The minimum Gasteiger partial charge on any atom is -0.322 e. The third kappa shape index (κ3) is 4.46. The number of aromatic nitrogens is 1. The van der Waals surface area contributed by atoms with Crippen LogP contribution >= 0.6 is 11.6 Å². The summed E-state index contributed by atoms with van der Waals surface area (Å²) in [5.74, 6) is -0.712. The summed E-state index contributed by atoms with van der Waals surface area (Å²) < 4.78 is 0. The molecule has 2 aromatic carbocycles. The molecule has 0 spiro atoms. The van der Waals surface area contributed by atoms with Gasteiger partial charge in [0.05, 0.1) is 0 Å². The predicted molar refractivity (Wildman–Crippen MR) is 103 cm³/mol. The summed E-state index contributed by atoms with van der Waals surface area (Å²) in [6.45, 7) is 1.95. The lowest BCUT2D eigenvalue weighted by Crippen LogP contribution is -2.17. The summed E-state index contributed by atoms with van der Waals surface area (Å²) >= 11 is 5.83. The number of carbonyl (C=O) groups excluding carboxylic acids is 2. The number of carbonyl (C=O) groups is 2. The number of aryl methyl sites for hydroxylation is 1. The summed E-state index contributed by atoms with van der Waals surface area (Å²) in [6.07, 6.45) is 1.43. The first kappa shape index (κ1) is 17.6. The maximum absolute atomic E-state index is 12.4. The van der Waals surface area contributed by atoms with Crippen molar-refractivity contribution in [3.8, 4) is 0 Å². The fraction of sp³-hybridized carbons (Fsp3) is 0.0500. The molecule has 3 rings (SSSR count). The Bertz CT molecular complexity index is 955. The van der Waals surface area contributed by atoms with E-state index in [1.807, 2.05) is 25.1 Å². The van der Waals surface area contributed by atoms with Crippen molar-refractivity contribution >= 4 is 34.8 Å². The van der Waals surface area contributed by atoms with Crippen molar-refractivity contribution in [1.82, 2.24) is 4.98 Å². The summed E-state index contributed by atoms with van der Waals surface area (Å²) in [4.78, 5) is 28.8. The van der Waals surface area contributed by atoms with Gasteiger partial charge in [0.1, 0.15) is 5.69 Å². The van der Waals surface area contributed by atoms with Crippen molar-refractivity contribution in [3.63, 3.8) is 0 Å². The fourth-order valence-electron chi connectivity index (χ4n) is 2.35. The van der Waals surface area contributed by atoms with Gasteiger partial charge in [-0.15, -0.1) is 0 Å². The van der Waals surface area contributed by atoms with E-state index in [9.17, 15) is 9.59 Å². The standard InChI is InChI=1S/C20H16ClN3O2/c1-13-3-2-4-17(11-13)24-19(25)14-9-10-22-18(12-14)20(26)23-16-7-5-15(21)6-8-16/h2-12H,1H3,(H,23,26)(H,24,25). The number of amides is 2. The zero-order chi connectivity index (χ0) is 18.5. The van der Waals surface area contributed by atoms with Gasteiger partial charge in [0.15, 0.2) is 0 Å². The number of nitrogens with zero attached hydrogens (tertiary/aromatic N) is 1. The van der Waals surface area contributed by atoms with E-state index in [-0.39, 0.29) is 11.6 Å². The quantitative estimate of drug-likeness (QED) is 0.712. The van der Waals surface area contributed by atoms with E-state index in [4.69, 9.17) is 11.6 Å². The first-order valence-corrected chi connectivity index (χ1v) is 8.30. The van der Waals surface area contributed by atoms with E-state index in [1.54, 1.807) is 36.4 Å². The third-order valence-corrected chi connectivity index (χ3v) is 3.88. The molecule has 0 atom stereocenters. The number of hydrogen-bond donors (Lipinski definition) is 2. The van der Waals surface area contributed by atoms with Crippen LogP contribution in [-0.2, 0) is 0 Å². The van der Waals surface area contributed by atoms with Crippen LogP contribution in [-0.4, -0.2) is 16.8 Å². The molecule has 26 heavy (non-hydrogen) atoms. The number of halogens is 1. The maximum atomic E-state index is 12.4. The van der Waals surface area contributed by atoms with Gasteiger partial charge in [-0.3, -0.25) is 14.6 Å². The normalized spacial score (nSPS) is 10.2. The minimum absolute atomic E-state index is 0.150. The maximum Gasteiger partial charge on any atom is 0.274 e. The van der Waals surface area contributed by atoms with Crippen LogP contribution in [0.15, 0.2) is 66.9 Å². The Labute approximate surface area is 156 Å². The highest BCUT2D eigenvalue weighted by Crippen LogP contribution is 2.15. The van der Waals surface area contributed by atoms with Crippen molar-refractivity contribution in [2.75, 3.05) is 10.6 Å². The van der Waals surface area contributed by atoms with E-state index in [0.717, 1.165) is 5.56 Å². The number of hydrogen-bond acceptors (Lipinski definition) is 3. The van der Waals surface area contributed by atoms with E-state index < -0.39 is 5.91 Å². The van der Waals surface area contributed by atoms with Crippen LogP contribution in [0.3, 0.4) is 0 Å². The molecule has 0 aliphatic carbocycles. The van der Waals surface area contributed by atoms with Crippen LogP contribution in [0.5, 0.6) is 0 Å². The van der Waals surface area contributed by atoms with Gasteiger partial charge in [0.25, 0.3) is 11.8 Å². The fourth-order valence-corrected chi connectivity index (χ4v) is 2.48. The zero-order valence-corrected chi connectivity index (χ0v) is 14.7. The Morgan fingerprint density at radius 3 is 2.35 bits per heavy atom. The highest BCUT2D eigenvalue weighted by molar-refractivity contribution is 6.30. The molecule has 0 fully saturated rings. The topological polar surface area (TPSA) is 71.1 Å². The van der Waals surface area contributed by atoms with Crippen molar-refractivity contribution < 1.29 is 9.59 Å². The molecule has 0 bridgehead atoms. The zero-order valence-electron chi connectivity index (χ0n) is 14.0. The van der Waals surface area contributed by atoms with Gasteiger partial charge in [-0.05, 0) is 61.0 Å². The van der Waals surface area contributed by atoms with Gasteiger partial charge in [-0.1, -0.05) is 23.7 Å². The van der Waals surface area contributed by atoms with E-state index >= 15 is 0 Å². The highest BCUT2D eigenvalue weighted by Gasteiger charge is 2.12. The average molecular weight is 366 g/mol. The van der Waals surface area contributed by atoms with E-state index in [1.165, 1.54) is 12.3 Å². The van der Waals surface area contributed by atoms with Crippen molar-refractivity contribution in [2.45, 2.75) is 6.92 Å². The Kier molecular flexibility index (Phi) is 5.29. The molecule has 1 heterocycles. The second-order valence-electron chi connectivity index (χ2n) is 5.71. The number of nitrogens with one attached hydrogen (secondary N) is 2. The predicted octanol–water partition coefficient (Wildman–Crippen LogP) is 4.55. The second kappa shape index (κ2) is 7.80. The van der Waals surface area contributed by atoms with Crippen LogP contribution in [0.2, 0.25) is 5.02 Å². The molecule has 0 aliphatic rings. The lowest BCUT2D eigenvalue weighted by molar-refractivity contribution is 0.102. The average Bonchev–Trinajstić information content (AvgIpc) is 2.64. The van der Waals surface area contributed by atoms with Gasteiger partial charge >= 0.3 is 0 Å². The molecule has 3 aromatic rings. The molecular weight excluding hydrogens is 350 g/mol. The Balaban J connectivity index is 1.73. The van der Waals surface area contributed by atoms with E-state index in [0.29, 0.717) is 22.0 Å². The first-order chi connectivity index (χ1) is 12.5. The lowest BCUT2D eigenvalue weighted by atomic mass is 10.2. The van der Waals surface area contributed by atoms with E-state index in [2.05, 4.69) is 15.6 Å². The number of benzene rings is 2. The summed E-state index contributed by atoms with van der Waals surface area (Å²) in [5, 5.41) is 6.10. The number of anilines is 2. The van der Waals surface area contributed by atoms with Crippen molar-refractivity contribution in [3.05, 3.63) is 88.7 Å². The van der Waals surface area contributed by atoms with Crippen LogP contribution in [0, 0.1) is 6.92 Å². The smallest absolute Gasteiger partial charge is 0.274 e. The van der Waals surface area contributed by atoms with Gasteiger partial charge in [0.2, 0.25) is 0 Å². The second-order valence-corrected chi connectivity index (χ2v) is 6.15.